The number of fused-ring (bicyclic) bond motifs is 4. The number of benzene rings is 4. The van der Waals surface area contributed by atoms with Crippen molar-refractivity contribution in [3.8, 4) is 0 Å². The fraction of sp³-hybridized carbons (Fsp3) is 0.519. The molecule has 6 heteroatoms. The van der Waals surface area contributed by atoms with Gasteiger partial charge in [0.25, 0.3) is 0 Å². The molecule has 8 rings (SSSR count). The van der Waals surface area contributed by atoms with E-state index in [1.807, 2.05) is 0 Å². The summed E-state index contributed by atoms with van der Waals surface area (Å²) in [4.78, 5) is 41.3. The average molecular weight is 809 g/mol. The van der Waals surface area contributed by atoms with Crippen LogP contribution in [0.25, 0.3) is 0 Å². The first kappa shape index (κ1) is 42.4. The van der Waals surface area contributed by atoms with Gasteiger partial charge in [0.05, 0.1) is 23.9 Å². The van der Waals surface area contributed by atoms with Gasteiger partial charge in [0, 0.05) is 13.1 Å². The molecule has 2 saturated heterocycles. The summed E-state index contributed by atoms with van der Waals surface area (Å²) in [6, 6.07) is 43.7. The first-order valence-electron chi connectivity index (χ1n) is 23.4. The Hall–Kier alpha value is -4.26. The number of hydroxylamine groups is 4. The second kappa shape index (κ2) is 18.8. The zero-order valence-corrected chi connectivity index (χ0v) is 36.6. The molecule has 318 valence electrons. The quantitative estimate of drug-likeness (QED) is 0.119. The lowest BCUT2D eigenvalue weighted by Gasteiger charge is -2.60. The van der Waals surface area contributed by atoms with Gasteiger partial charge in [-0.15, -0.1) is 10.1 Å². The van der Waals surface area contributed by atoms with Crippen LogP contribution in [0, 0.1) is 35.5 Å². The highest BCUT2D eigenvalue weighted by Gasteiger charge is 2.59. The van der Waals surface area contributed by atoms with E-state index in [1.165, 1.54) is 22.3 Å². The lowest BCUT2D eigenvalue weighted by atomic mass is 9.54. The standard InChI is InChI=1S/C54H68N2O4/c1-5-41-37-55(53(33-39-21-13-9-14-22-39)35-49(41)47(31-45(53)7-3)43-25-17-11-18-26-43)59-51(57)29-30-52(58)60-56-38-42(6-2)50-36-54(56,34-40-23-15-10-16-24-40)46(8-4)32-48(50)44-27-19-12-20-28-44/h9-28,41-42,45-50H,5-8,29-38H2,1-4H3. The molecule has 2 heterocycles. The first-order chi connectivity index (χ1) is 29.3. The third-order valence-electron chi connectivity index (χ3n) is 16.0. The molecule has 0 amide bonds. The van der Waals surface area contributed by atoms with E-state index in [0.29, 0.717) is 60.4 Å². The Morgan fingerprint density at radius 1 is 0.517 bits per heavy atom. The van der Waals surface area contributed by atoms with Crippen LogP contribution in [0.1, 0.15) is 126 Å². The lowest BCUT2D eigenvalue weighted by molar-refractivity contribution is -0.272. The molecule has 2 aliphatic heterocycles. The molecule has 2 saturated carbocycles. The fourth-order valence-corrected chi connectivity index (χ4v) is 12.9. The number of nitrogens with zero attached hydrogens (tertiary/aromatic N) is 2. The molecule has 60 heavy (non-hydrogen) atoms. The maximum absolute atomic E-state index is 14.1. The Morgan fingerprint density at radius 2 is 0.867 bits per heavy atom. The molecule has 4 aromatic rings. The SMILES string of the molecule is CCC1CN(OC(=O)CCC(=O)ON2CC(CC)C3CC2(Cc2ccccc2)C(CC)CC3c2ccccc2)C2(Cc3ccccc3)CC1C(c1ccccc1)CC2CC. The van der Waals surface area contributed by atoms with E-state index in [4.69, 9.17) is 9.68 Å². The molecule has 4 aliphatic rings. The topological polar surface area (TPSA) is 59.1 Å². The van der Waals surface area contributed by atoms with Crippen LogP contribution in [0.3, 0.4) is 0 Å². The van der Waals surface area contributed by atoms with Crippen LogP contribution in [0.4, 0.5) is 0 Å². The first-order valence-corrected chi connectivity index (χ1v) is 23.4. The van der Waals surface area contributed by atoms with Gasteiger partial charge in [-0.3, -0.25) is 9.59 Å². The number of piperidine rings is 2. The van der Waals surface area contributed by atoms with E-state index < -0.39 is 0 Å². The molecular formula is C54H68N2O4. The van der Waals surface area contributed by atoms with Crippen molar-refractivity contribution in [3.05, 3.63) is 144 Å². The van der Waals surface area contributed by atoms with Gasteiger partial charge < -0.3 is 9.68 Å². The summed E-state index contributed by atoms with van der Waals surface area (Å²) in [6.07, 6.45) is 9.81. The fourth-order valence-electron chi connectivity index (χ4n) is 12.9. The second-order valence-corrected chi connectivity index (χ2v) is 18.9. The molecule has 0 radical (unpaired) electrons. The van der Waals surface area contributed by atoms with Crippen molar-refractivity contribution in [2.24, 2.45) is 35.5 Å². The Balaban J connectivity index is 1.01. The highest BCUT2D eigenvalue weighted by atomic mass is 16.7. The molecule has 10 atom stereocenters. The van der Waals surface area contributed by atoms with Gasteiger partial charge in [0.15, 0.2) is 0 Å². The van der Waals surface area contributed by atoms with Crippen molar-refractivity contribution in [2.75, 3.05) is 13.1 Å². The summed E-state index contributed by atoms with van der Waals surface area (Å²) < 4.78 is 0. The van der Waals surface area contributed by atoms with Crippen LogP contribution in [0.15, 0.2) is 121 Å². The molecule has 0 spiro atoms. The van der Waals surface area contributed by atoms with E-state index in [-0.39, 0.29) is 35.9 Å². The molecule has 0 N–H and O–H groups in total. The number of carbonyl (C=O) groups is 2. The molecule has 0 aromatic heterocycles. The summed E-state index contributed by atoms with van der Waals surface area (Å²) in [5.74, 6) is 2.77. The summed E-state index contributed by atoms with van der Waals surface area (Å²) in [6.45, 7) is 10.6. The lowest BCUT2D eigenvalue weighted by Crippen LogP contribution is -2.65. The van der Waals surface area contributed by atoms with Crippen LogP contribution in [-0.2, 0) is 32.1 Å². The minimum Gasteiger partial charge on any atom is -0.367 e. The van der Waals surface area contributed by atoms with Crippen molar-refractivity contribution in [3.63, 3.8) is 0 Å². The van der Waals surface area contributed by atoms with Gasteiger partial charge in [-0.1, -0.05) is 175 Å². The molecule has 4 aromatic carbocycles. The van der Waals surface area contributed by atoms with E-state index >= 15 is 0 Å². The van der Waals surface area contributed by atoms with Gasteiger partial charge in [-0.25, -0.2) is 0 Å². The highest BCUT2D eigenvalue weighted by Crippen LogP contribution is 2.58. The van der Waals surface area contributed by atoms with Crippen molar-refractivity contribution in [1.29, 1.82) is 0 Å². The van der Waals surface area contributed by atoms with Gasteiger partial charge in [-0.05, 0) is 108 Å². The molecule has 10 unspecified atom stereocenters. The van der Waals surface area contributed by atoms with Gasteiger partial charge in [-0.2, -0.15) is 0 Å². The predicted octanol–water partition coefficient (Wildman–Crippen LogP) is 11.8. The zero-order chi connectivity index (χ0) is 41.7. The van der Waals surface area contributed by atoms with E-state index in [9.17, 15) is 9.59 Å². The summed E-state index contributed by atoms with van der Waals surface area (Å²) >= 11 is 0. The highest BCUT2D eigenvalue weighted by molar-refractivity contribution is 5.77. The van der Waals surface area contributed by atoms with Crippen molar-refractivity contribution >= 4 is 11.9 Å². The van der Waals surface area contributed by atoms with Gasteiger partial charge >= 0.3 is 11.9 Å². The summed E-state index contributed by atoms with van der Waals surface area (Å²) in [7, 11) is 0. The van der Waals surface area contributed by atoms with Crippen LogP contribution in [0.5, 0.6) is 0 Å². The summed E-state index contributed by atoms with van der Waals surface area (Å²) in [5, 5.41) is 4.21. The Kier molecular flexibility index (Phi) is 13.3. The van der Waals surface area contributed by atoms with Crippen LogP contribution in [0.2, 0.25) is 0 Å². The van der Waals surface area contributed by atoms with Crippen LogP contribution in [-0.4, -0.2) is 46.2 Å². The largest absolute Gasteiger partial charge is 0.367 e. The number of hydrogen-bond donors (Lipinski definition) is 0. The number of hydrogen-bond acceptors (Lipinski definition) is 6. The summed E-state index contributed by atoms with van der Waals surface area (Å²) in [5.41, 5.74) is 4.79. The monoisotopic (exact) mass is 809 g/mol. The maximum Gasteiger partial charge on any atom is 0.325 e. The van der Waals surface area contributed by atoms with Gasteiger partial charge in [0.2, 0.25) is 0 Å². The normalized spacial score (nSPS) is 31.6. The zero-order valence-electron chi connectivity index (χ0n) is 36.6. The Labute approximate surface area is 360 Å². The van der Waals surface area contributed by atoms with Crippen molar-refractivity contribution in [1.82, 2.24) is 10.1 Å². The van der Waals surface area contributed by atoms with Crippen LogP contribution >= 0.6 is 0 Å². The molecule has 4 bridgehead atoms. The van der Waals surface area contributed by atoms with E-state index in [2.05, 4.69) is 159 Å². The van der Waals surface area contributed by atoms with Crippen LogP contribution < -0.4 is 0 Å². The predicted molar refractivity (Wildman–Crippen MR) is 240 cm³/mol. The molecule has 6 nitrogen and oxygen atoms in total. The van der Waals surface area contributed by atoms with Crippen molar-refractivity contribution < 1.29 is 19.3 Å². The van der Waals surface area contributed by atoms with Crippen molar-refractivity contribution in [2.45, 2.75) is 128 Å². The van der Waals surface area contributed by atoms with E-state index in [1.54, 1.807) is 0 Å². The molecule has 4 fully saturated rings. The third kappa shape index (κ3) is 8.48. The second-order valence-electron chi connectivity index (χ2n) is 18.9. The van der Waals surface area contributed by atoms with E-state index in [0.717, 1.165) is 64.2 Å². The minimum atomic E-state index is -0.341. The number of rotatable bonds is 15. The average Bonchev–Trinajstić information content (AvgIpc) is 3.29. The Morgan fingerprint density at radius 3 is 1.20 bits per heavy atom. The molecule has 2 aliphatic carbocycles. The Bertz CT molecular complexity index is 1850. The third-order valence-corrected chi connectivity index (χ3v) is 16.0. The van der Waals surface area contributed by atoms with Gasteiger partial charge in [0.1, 0.15) is 0 Å². The maximum atomic E-state index is 14.1. The minimum absolute atomic E-state index is 0.00690. The smallest absolute Gasteiger partial charge is 0.325 e. The number of carbonyl (C=O) groups excluding carboxylic acids is 2. The molecular weight excluding hydrogens is 741 g/mol.